The van der Waals surface area contributed by atoms with Crippen LogP contribution >= 0.6 is 7.82 Å². The van der Waals surface area contributed by atoms with E-state index in [-0.39, 0.29) is 13.2 Å². The van der Waals surface area contributed by atoms with Gasteiger partial charge in [0.25, 0.3) is 0 Å². The van der Waals surface area contributed by atoms with Crippen molar-refractivity contribution in [2.75, 3.05) is 27.4 Å². The molecule has 0 aromatic rings. The molecule has 0 aliphatic rings. The number of phosphoric acid groups is 1. The van der Waals surface area contributed by atoms with Crippen LogP contribution in [-0.2, 0) is 27.7 Å². The first-order chi connectivity index (χ1) is 6.95. The minimum atomic E-state index is -3.57. The van der Waals surface area contributed by atoms with E-state index in [9.17, 15) is 13.8 Å². The van der Waals surface area contributed by atoms with Crippen LogP contribution in [-0.4, -0.2) is 33.4 Å². The topological polar surface area (TPSA) is 71.1 Å². The molecule has 0 aliphatic carbocycles. The lowest BCUT2D eigenvalue weighted by Gasteiger charge is -2.12. The Hall–Kier alpha value is -0.750. The highest BCUT2D eigenvalue weighted by atomic mass is 31.2. The van der Waals surface area contributed by atoms with E-state index in [0.717, 1.165) is 14.2 Å². The number of phosphoric ester groups is 1. The van der Waals surface area contributed by atoms with Gasteiger partial charge < -0.3 is 4.74 Å². The van der Waals surface area contributed by atoms with Crippen molar-refractivity contribution in [2.45, 2.75) is 0 Å². The van der Waals surface area contributed by atoms with Crippen LogP contribution in [0.5, 0.6) is 0 Å². The Labute approximate surface area is 86.6 Å². The summed E-state index contributed by atoms with van der Waals surface area (Å²) in [4.78, 5) is 10.5. The minimum absolute atomic E-state index is 0.238. The molecule has 0 aromatic heterocycles. The summed E-state index contributed by atoms with van der Waals surface area (Å²) in [7, 11) is -1.30. The third-order valence-electron chi connectivity index (χ3n) is 1.23. The van der Waals surface area contributed by atoms with E-state index < -0.39 is 19.6 Å². The molecule has 0 rings (SSSR count). The zero-order valence-corrected chi connectivity index (χ0v) is 9.29. The first kappa shape index (κ1) is 14.2. The third-order valence-corrected chi connectivity index (χ3v) is 2.63. The highest BCUT2D eigenvalue weighted by molar-refractivity contribution is 7.48. The molecule has 0 saturated carbocycles. The first-order valence-corrected chi connectivity index (χ1v) is 5.29. The molecule has 0 aromatic carbocycles. The number of rotatable bonds is 7. The van der Waals surface area contributed by atoms with Gasteiger partial charge in [-0.15, -0.1) is 0 Å². The highest BCUT2D eigenvalue weighted by Gasteiger charge is 2.22. The van der Waals surface area contributed by atoms with Crippen LogP contribution in [0, 0.1) is 0 Å². The number of hydrogen-bond donors (Lipinski definition) is 0. The maximum atomic E-state index is 12.1. The van der Waals surface area contributed by atoms with Crippen LogP contribution in [0.2, 0.25) is 0 Å². The fourth-order valence-corrected chi connectivity index (χ4v) is 1.20. The molecule has 0 spiro atoms. The van der Waals surface area contributed by atoms with Gasteiger partial charge in [0.1, 0.15) is 6.61 Å². The van der Waals surface area contributed by atoms with Gasteiger partial charge in [0.05, 0.1) is 6.61 Å². The zero-order valence-electron chi connectivity index (χ0n) is 8.40. The van der Waals surface area contributed by atoms with E-state index in [1.807, 2.05) is 0 Å². The summed E-state index contributed by atoms with van der Waals surface area (Å²) in [6.07, 6.45) is 0. The molecule has 88 valence electrons. The number of hydrogen-bond acceptors (Lipinski definition) is 6. The summed E-state index contributed by atoms with van der Waals surface area (Å²) < 4.78 is 41.1. The Kier molecular flexibility index (Phi) is 6.35. The normalized spacial score (nSPS) is 11.1. The van der Waals surface area contributed by atoms with E-state index in [4.69, 9.17) is 0 Å². The fraction of sp³-hybridized carbons (Fsp3) is 0.571. The zero-order chi connectivity index (χ0) is 11.9. The van der Waals surface area contributed by atoms with E-state index in [1.54, 1.807) is 0 Å². The van der Waals surface area contributed by atoms with E-state index in [0.29, 0.717) is 0 Å². The second-order valence-corrected chi connectivity index (χ2v) is 4.07. The maximum Gasteiger partial charge on any atom is 0.474 e. The summed E-state index contributed by atoms with van der Waals surface area (Å²) in [5.41, 5.74) is 0. The van der Waals surface area contributed by atoms with Gasteiger partial charge >= 0.3 is 13.8 Å². The standard InChI is InChI=1S/C7H12FO6P/c1-6(8)7(9)13-4-5-14-15(10,11-2)12-3/h1,4-5H2,2-3H3. The summed E-state index contributed by atoms with van der Waals surface area (Å²) in [6.45, 7) is 2.21. The monoisotopic (exact) mass is 242 g/mol. The molecule has 0 atom stereocenters. The van der Waals surface area contributed by atoms with Gasteiger partial charge in [-0.3, -0.25) is 13.6 Å². The molecule has 0 bridgehead atoms. The van der Waals surface area contributed by atoms with Crippen molar-refractivity contribution in [3.05, 3.63) is 12.4 Å². The smallest absolute Gasteiger partial charge is 0.458 e. The Morgan fingerprint density at radius 1 is 1.33 bits per heavy atom. The fourth-order valence-electron chi connectivity index (χ4n) is 0.542. The lowest BCUT2D eigenvalue weighted by atomic mass is 10.6. The van der Waals surface area contributed by atoms with Crippen molar-refractivity contribution in [3.8, 4) is 0 Å². The van der Waals surface area contributed by atoms with E-state index >= 15 is 0 Å². The van der Waals surface area contributed by atoms with Crippen LogP contribution in [0.1, 0.15) is 0 Å². The average Bonchev–Trinajstić information content (AvgIpc) is 2.23. The molecule has 0 unspecified atom stereocenters. The molecule has 15 heavy (non-hydrogen) atoms. The number of halogens is 1. The molecular formula is C7H12FO6P. The summed E-state index contributed by atoms with van der Waals surface area (Å²) in [5.74, 6) is -2.40. The van der Waals surface area contributed by atoms with E-state index in [2.05, 4.69) is 24.9 Å². The lowest BCUT2D eigenvalue weighted by molar-refractivity contribution is -0.141. The number of carbonyl (C=O) groups excluding carboxylic acids is 1. The highest BCUT2D eigenvalue weighted by Crippen LogP contribution is 2.47. The number of carbonyl (C=O) groups is 1. The first-order valence-electron chi connectivity index (χ1n) is 3.82. The number of ether oxygens (including phenoxy) is 1. The molecule has 0 fully saturated rings. The van der Waals surface area contributed by atoms with Crippen LogP contribution in [0.3, 0.4) is 0 Å². The van der Waals surface area contributed by atoms with Crippen molar-refractivity contribution in [3.63, 3.8) is 0 Å². The van der Waals surface area contributed by atoms with E-state index in [1.165, 1.54) is 0 Å². The Morgan fingerprint density at radius 2 is 1.87 bits per heavy atom. The molecule has 8 heteroatoms. The van der Waals surface area contributed by atoms with Crippen molar-refractivity contribution >= 4 is 13.8 Å². The maximum absolute atomic E-state index is 12.1. The van der Waals surface area contributed by atoms with Crippen molar-refractivity contribution in [2.24, 2.45) is 0 Å². The van der Waals surface area contributed by atoms with Crippen molar-refractivity contribution in [1.82, 2.24) is 0 Å². The van der Waals surface area contributed by atoms with Crippen molar-refractivity contribution in [1.29, 1.82) is 0 Å². The molecule has 0 heterocycles. The largest absolute Gasteiger partial charge is 0.474 e. The number of esters is 1. The van der Waals surface area contributed by atoms with Gasteiger partial charge in [-0.2, -0.15) is 4.39 Å². The molecule has 0 radical (unpaired) electrons. The predicted octanol–water partition coefficient (Wildman–Crippen LogP) is 1.43. The lowest BCUT2D eigenvalue weighted by Crippen LogP contribution is -2.10. The van der Waals surface area contributed by atoms with Crippen LogP contribution < -0.4 is 0 Å². The van der Waals surface area contributed by atoms with Gasteiger partial charge in [0.2, 0.25) is 5.83 Å². The van der Waals surface area contributed by atoms with Crippen LogP contribution in [0.25, 0.3) is 0 Å². The molecule has 0 N–H and O–H groups in total. The summed E-state index contributed by atoms with van der Waals surface area (Å²) in [6, 6.07) is 0. The second kappa shape index (κ2) is 6.68. The van der Waals surface area contributed by atoms with Gasteiger partial charge in [-0.05, 0) is 0 Å². The summed E-state index contributed by atoms with van der Waals surface area (Å²) in [5, 5.41) is 0. The Balaban J connectivity index is 3.76. The minimum Gasteiger partial charge on any atom is -0.458 e. The molecule has 0 amide bonds. The molecular weight excluding hydrogens is 230 g/mol. The predicted molar refractivity (Wildman–Crippen MR) is 48.8 cm³/mol. The SMILES string of the molecule is C=C(F)C(=O)OCCOP(=O)(OC)OC. The Bertz CT molecular complexity index is 271. The van der Waals surface area contributed by atoms with Gasteiger partial charge in [-0.1, -0.05) is 6.58 Å². The van der Waals surface area contributed by atoms with Crippen LogP contribution in [0.15, 0.2) is 12.4 Å². The van der Waals surface area contributed by atoms with Gasteiger partial charge in [-0.25, -0.2) is 9.36 Å². The molecule has 0 saturated heterocycles. The van der Waals surface area contributed by atoms with Gasteiger partial charge in [0, 0.05) is 14.2 Å². The third kappa shape index (κ3) is 5.64. The Morgan fingerprint density at radius 3 is 2.27 bits per heavy atom. The quantitative estimate of drug-likeness (QED) is 0.291. The average molecular weight is 242 g/mol. The van der Waals surface area contributed by atoms with Gasteiger partial charge in [0.15, 0.2) is 0 Å². The molecule has 6 nitrogen and oxygen atoms in total. The summed E-state index contributed by atoms with van der Waals surface area (Å²) >= 11 is 0. The van der Waals surface area contributed by atoms with Crippen LogP contribution in [0.4, 0.5) is 4.39 Å². The van der Waals surface area contributed by atoms with Crippen molar-refractivity contribution < 1.29 is 32.1 Å². The second-order valence-electron chi connectivity index (χ2n) is 2.19. The molecule has 0 aliphatic heterocycles.